The lowest BCUT2D eigenvalue weighted by Crippen LogP contribution is -2.36. The molecule has 0 aliphatic carbocycles. The van der Waals surface area contributed by atoms with Gasteiger partial charge in [-0.1, -0.05) is 6.07 Å². The Balaban J connectivity index is 1.65. The summed E-state index contributed by atoms with van der Waals surface area (Å²) < 4.78 is 29.4. The van der Waals surface area contributed by atoms with Crippen LogP contribution in [0.3, 0.4) is 0 Å². The topological polar surface area (TPSA) is 130 Å². The lowest BCUT2D eigenvalue weighted by atomic mass is 10.1. The fourth-order valence-electron chi connectivity index (χ4n) is 3.76. The molecular formula is C23H16F2N8O. The van der Waals surface area contributed by atoms with Gasteiger partial charge in [0.05, 0.1) is 23.0 Å². The van der Waals surface area contributed by atoms with Crippen molar-refractivity contribution in [1.29, 1.82) is 5.26 Å². The summed E-state index contributed by atoms with van der Waals surface area (Å²) >= 11 is 0. The smallest absolute Gasteiger partial charge is 0.184 e. The third-order valence-electron chi connectivity index (χ3n) is 5.32. The molecule has 0 saturated carbocycles. The van der Waals surface area contributed by atoms with Gasteiger partial charge in [-0.05, 0) is 42.5 Å². The number of nitrogens with two attached hydrogens (primary N) is 1. The van der Waals surface area contributed by atoms with Gasteiger partial charge in [-0.25, -0.2) is 28.4 Å². The Morgan fingerprint density at radius 2 is 2.00 bits per heavy atom. The second kappa shape index (κ2) is 8.34. The molecule has 5 rings (SSSR count). The highest BCUT2D eigenvalue weighted by molar-refractivity contribution is 5.67. The van der Waals surface area contributed by atoms with E-state index in [9.17, 15) is 19.1 Å². The van der Waals surface area contributed by atoms with E-state index < -0.39 is 23.9 Å². The molecule has 3 heterocycles. The van der Waals surface area contributed by atoms with Crippen LogP contribution in [0.15, 0.2) is 67.3 Å². The number of benzene rings is 2. The Morgan fingerprint density at radius 1 is 1.15 bits per heavy atom. The molecule has 0 saturated heterocycles. The molecule has 0 spiro atoms. The molecule has 0 fully saturated rings. The van der Waals surface area contributed by atoms with Gasteiger partial charge in [0.2, 0.25) is 0 Å². The fraction of sp³-hybridized carbons (Fsp3) is 0.0870. The maximum absolute atomic E-state index is 14.3. The largest absolute Gasteiger partial charge is 0.394 e. The maximum atomic E-state index is 14.3. The van der Waals surface area contributed by atoms with Gasteiger partial charge >= 0.3 is 0 Å². The molecule has 9 nitrogen and oxygen atoms in total. The summed E-state index contributed by atoms with van der Waals surface area (Å²) in [6, 6.07) is 13.4. The van der Waals surface area contributed by atoms with Crippen molar-refractivity contribution >= 4 is 11.4 Å². The molecule has 0 amide bonds. The van der Waals surface area contributed by atoms with Crippen LogP contribution in [0, 0.1) is 23.0 Å². The third-order valence-corrected chi connectivity index (χ3v) is 5.32. The minimum absolute atomic E-state index is 0.164. The van der Waals surface area contributed by atoms with E-state index in [2.05, 4.69) is 26.1 Å². The summed E-state index contributed by atoms with van der Waals surface area (Å²) in [5.74, 6) is -1.46. The molecule has 1 aliphatic rings. The second-order valence-corrected chi connectivity index (χ2v) is 7.47. The monoisotopic (exact) mass is 458 g/mol. The van der Waals surface area contributed by atoms with Crippen molar-refractivity contribution in [2.24, 2.45) is 5.73 Å². The SMILES string of the molecule is N#Cc1cccc(N2C=C(N)c3nc(C(O)c4cc(F)ccc4F)nn3C2c2ccncn2)c1. The Morgan fingerprint density at radius 3 is 2.76 bits per heavy atom. The summed E-state index contributed by atoms with van der Waals surface area (Å²) in [6.45, 7) is 0. The molecule has 1 aliphatic heterocycles. The standard InChI is InChI=1S/C23H16F2N8O/c24-14-4-5-17(25)16(9-14)20(34)21-30-22-18(27)11-32(15-3-1-2-13(8-15)10-26)23(33(22)31-21)19-6-7-28-12-29-19/h1-9,11-12,20,23,34H,27H2. The van der Waals surface area contributed by atoms with Crippen LogP contribution in [0.1, 0.15) is 40.7 Å². The molecule has 11 heteroatoms. The van der Waals surface area contributed by atoms with E-state index >= 15 is 0 Å². The van der Waals surface area contributed by atoms with Crippen molar-refractivity contribution in [3.05, 3.63) is 107 Å². The molecule has 34 heavy (non-hydrogen) atoms. The van der Waals surface area contributed by atoms with E-state index in [0.29, 0.717) is 16.9 Å². The second-order valence-electron chi connectivity index (χ2n) is 7.47. The zero-order valence-corrected chi connectivity index (χ0v) is 17.4. The molecule has 4 aromatic rings. The van der Waals surface area contributed by atoms with Crippen LogP contribution in [-0.2, 0) is 0 Å². The van der Waals surface area contributed by atoms with E-state index in [1.54, 1.807) is 47.6 Å². The van der Waals surface area contributed by atoms with Crippen LogP contribution in [0.4, 0.5) is 14.5 Å². The van der Waals surface area contributed by atoms with E-state index in [0.717, 1.165) is 18.2 Å². The van der Waals surface area contributed by atoms with Gasteiger partial charge in [0.1, 0.15) is 24.1 Å². The highest BCUT2D eigenvalue weighted by Gasteiger charge is 2.34. The molecule has 0 radical (unpaired) electrons. The minimum atomic E-state index is -1.64. The van der Waals surface area contributed by atoms with Crippen LogP contribution in [0.2, 0.25) is 0 Å². The van der Waals surface area contributed by atoms with Crippen molar-refractivity contribution in [2.45, 2.75) is 12.3 Å². The summed E-state index contributed by atoms with van der Waals surface area (Å²) in [7, 11) is 0. The summed E-state index contributed by atoms with van der Waals surface area (Å²) in [4.78, 5) is 14.3. The molecular weight excluding hydrogens is 442 g/mol. The van der Waals surface area contributed by atoms with Crippen molar-refractivity contribution in [3.63, 3.8) is 0 Å². The van der Waals surface area contributed by atoms with Crippen LogP contribution < -0.4 is 10.6 Å². The van der Waals surface area contributed by atoms with E-state index in [1.165, 1.54) is 11.0 Å². The number of anilines is 1. The van der Waals surface area contributed by atoms with Crippen LogP contribution >= 0.6 is 0 Å². The number of halogens is 2. The quantitative estimate of drug-likeness (QED) is 0.477. The predicted molar refractivity (Wildman–Crippen MR) is 116 cm³/mol. The average molecular weight is 458 g/mol. The van der Waals surface area contributed by atoms with Crippen molar-refractivity contribution < 1.29 is 13.9 Å². The van der Waals surface area contributed by atoms with Gasteiger partial charge in [0.25, 0.3) is 0 Å². The first kappa shape index (κ1) is 21.2. The zero-order valence-electron chi connectivity index (χ0n) is 17.4. The predicted octanol–water partition coefficient (Wildman–Crippen LogP) is 2.62. The number of hydrogen-bond acceptors (Lipinski definition) is 8. The van der Waals surface area contributed by atoms with Crippen molar-refractivity contribution in [1.82, 2.24) is 24.7 Å². The number of aliphatic hydroxyl groups is 1. The number of fused-ring (bicyclic) bond motifs is 1. The van der Waals surface area contributed by atoms with Gasteiger partial charge in [-0.2, -0.15) is 10.4 Å². The Hall–Kier alpha value is -4.69. The lowest BCUT2D eigenvalue weighted by Gasteiger charge is -2.34. The molecule has 168 valence electrons. The number of rotatable bonds is 4. The third kappa shape index (κ3) is 3.62. The van der Waals surface area contributed by atoms with Gasteiger partial charge in [0.15, 0.2) is 17.8 Å². The number of nitrogens with zero attached hydrogens (tertiary/aromatic N) is 7. The van der Waals surface area contributed by atoms with E-state index in [1.807, 2.05) is 0 Å². The molecule has 3 N–H and O–H groups in total. The normalized spacial score (nSPS) is 15.9. The van der Waals surface area contributed by atoms with Gasteiger partial charge in [0, 0.05) is 23.6 Å². The van der Waals surface area contributed by atoms with Crippen LogP contribution in [0.25, 0.3) is 5.70 Å². The first-order valence-corrected chi connectivity index (χ1v) is 10.1. The molecule has 2 aromatic heterocycles. The van der Waals surface area contributed by atoms with E-state index in [-0.39, 0.29) is 22.9 Å². The highest BCUT2D eigenvalue weighted by Crippen LogP contribution is 2.35. The van der Waals surface area contributed by atoms with Crippen molar-refractivity contribution in [2.75, 3.05) is 4.90 Å². The van der Waals surface area contributed by atoms with E-state index in [4.69, 9.17) is 5.73 Å². The summed E-state index contributed by atoms with van der Waals surface area (Å²) in [6.07, 6.45) is 2.19. The number of hydrogen-bond donors (Lipinski definition) is 2. The minimum Gasteiger partial charge on any atom is -0.394 e. The number of nitriles is 1. The van der Waals surface area contributed by atoms with Crippen molar-refractivity contribution in [3.8, 4) is 6.07 Å². The molecule has 0 bridgehead atoms. The molecule has 2 aromatic carbocycles. The Kier molecular flexibility index (Phi) is 5.19. The van der Waals surface area contributed by atoms with Gasteiger partial charge < -0.3 is 15.7 Å². The number of aromatic nitrogens is 5. The first-order chi connectivity index (χ1) is 16.5. The Labute approximate surface area is 192 Å². The Bertz CT molecular complexity index is 1450. The molecule has 2 unspecified atom stereocenters. The number of aliphatic hydroxyl groups excluding tert-OH is 1. The molecule has 2 atom stereocenters. The highest BCUT2D eigenvalue weighted by atomic mass is 19.1. The maximum Gasteiger partial charge on any atom is 0.184 e. The van der Waals surface area contributed by atoms with Gasteiger partial charge in [-0.15, -0.1) is 0 Å². The summed E-state index contributed by atoms with van der Waals surface area (Å²) in [5, 5.41) is 24.5. The fourth-order valence-corrected chi connectivity index (χ4v) is 3.76. The first-order valence-electron chi connectivity index (χ1n) is 10.1. The van der Waals surface area contributed by atoms with Gasteiger partial charge in [-0.3, -0.25) is 0 Å². The zero-order chi connectivity index (χ0) is 23.8. The lowest BCUT2D eigenvalue weighted by molar-refractivity contribution is 0.203. The van der Waals surface area contributed by atoms with Crippen LogP contribution in [0.5, 0.6) is 0 Å². The average Bonchev–Trinajstić information content (AvgIpc) is 3.31. The summed E-state index contributed by atoms with van der Waals surface area (Å²) in [5.41, 5.74) is 7.76. The van der Waals surface area contributed by atoms with Crippen LogP contribution in [-0.4, -0.2) is 29.8 Å².